The number of benzene rings is 2. The summed E-state index contributed by atoms with van der Waals surface area (Å²) < 4.78 is 1.87. The maximum atomic E-state index is 11.9. The number of rotatable bonds is 4. The normalized spacial score (nSPS) is 11.1. The van der Waals surface area contributed by atoms with Gasteiger partial charge in [0.05, 0.1) is 5.69 Å². The van der Waals surface area contributed by atoms with Crippen molar-refractivity contribution in [3.05, 3.63) is 81.6 Å². The van der Waals surface area contributed by atoms with Gasteiger partial charge in [-0.05, 0) is 23.3 Å². The third-order valence-corrected chi connectivity index (χ3v) is 4.98. The lowest BCUT2D eigenvalue weighted by Crippen LogP contribution is -2.09. The summed E-state index contributed by atoms with van der Waals surface area (Å²) in [6.07, 6.45) is 0. The smallest absolute Gasteiger partial charge is 0.252 e. The predicted molar refractivity (Wildman–Crippen MR) is 100 cm³/mol. The Labute approximate surface area is 152 Å². The highest BCUT2D eigenvalue weighted by atomic mass is 35.5. The lowest BCUT2D eigenvalue weighted by atomic mass is 10.1. The molecule has 0 aliphatic heterocycles. The molecule has 4 aromatic rings. The molecule has 2 aromatic carbocycles. The van der Waals surface area contributed by atoms with Crippen LogP contribution in [0.15, 0.2) is 70.6 Å². The molecule has 0 amide bonds. The third kappa shape index (κ3) is 3.31. The summed E-state index contributed by atoms with van der Waals surface area (Å²) in [5, 5.41) is 9.78. The van der Waals surface area contributed by atoms with Crippen molar-refractivity contribution in [1.82, 2.24) is 19.6 Å². The van der Waals surface area contributed by atoms with Gasteiger partial charge in [0, 0.05) is 16.8 Å². The molecule has 2 heterocycles. The van der Waals surface area contributed by atoms with Gasteiger partial charge in [-0.2, -0.15) is 0 Å². The Morgan fingerprint density at radius 3 is 2.56 bits per heavy atom. The van der Waals surface area contributed by atoms with Crippen LogP contribution in [0.5, 0.6) is 0 Å². The number of halogens is 1. The molecule has 0 saturated heterocycles. The van der Waals surface area contributed by atoms with Crippen molar-refractivity contribution in [2.75, 3.05) is 0 Å². The van der Waals surface area contributed by atoms with E-state index in [4.69, 9.17) is 11.6 Å². The molecule has 0 unspecified atom stereocenters. The second-order valence-corrected chi connectivity index (χ2v) is 6.82. The average Bonchev–Trinajstić information content (AvgIpc) is 3.04. The summed E-state index contributed by atoms with van der Waals surface area (Å²) in [7, 11) is 0. The zero-order chi connectivity index (χ0) is 17.2. The Bertz CT molecular complexity index is 1070. The van der Waals surface area contributed by atoms with Gasteiger partial charge in [0.15, 0.2) is 5.16 Å². The van der Waals surface area contributed by atoms with E-state index in [1.807, 2.05) is 59.0 Å². The fraction of sp³-hybridized carbons (Fsp3) is 0.0556. The molecule has 4 rings (SSSR count). The van der Waals surface area contributed by atoms with Gasteiger partial charge >= 0.3 is 0 Å². The zero-order valence-electron chi connectivity index (χ0n) is 13.0. The molecule has 5 nitrogen and oxygen atoms in total. The predicted octanol–water partition coefficient (Wildman–Crippen LogP) is 4.03. The summed E-state index contributed by atoms with van der Waals surface area (Å²) in [6, 6.07) is 19.0. The summed E-state index contributed by atoms with van der Waals surface area (Å²) >= 11 is 7.48. The zero-order valence-corrected chi connectivity index (χ0v) is 14.6. The van der Waals surface area contributed by atoms with Gasteiger partial charge in [0.1, 0.15) is 0 Å². The van der Waals surface area contributed by atoms with E-state index < -0.39 is 0 Å². The molecule has 2 aromatic heterocycles. The second-order valence-electron chi connectivity index (χ2n) is 5.44. The van der Waals surface area contributed by atoms with Gasteiger partial charge in [-0.15, -0.1) is 10.2 Å². The van der Waals surface area contributed by atoms with E-state index in [1.165, 1.54) is 0 Å². The first kappa shape index (κ1) is 15.9. The van der Waals surface area contributed by atoms with E-state index in [1.54, 1.807) is 17.8 Å². The van der Waals surface area contributed by atoms with E-state index in [2.05, 4.69) is 15.2 Å². The number of hydrogen-bond donors (Lipinski definition) is 1. The first-order valence-corrected chi connectivity index (χ1v) is 8.98. The third-order valence-electron chi connectivity index (χ3n) is 3.73. The lowest BCUT2D eigenvalue weighted by molar-refractivity contribution is 0.921. The molecule has 0 atom stereocenters. The molecule has 0 aliphatic carbocycles. The van der Waals surface area contributed by atoms with Crippen molar-refractivity contribution < 1.29 is 0 Å². The van der Waals surface area contributed by atoms with Crippen LogP contribution in [0.1, 0.15) is 5.56 Å². The number of nitrogens with zero attached hydrogens (tertiary/aromatic N) is 3. The van der Waals surface area contributed by atoms with Gasteiger partial charge in [-0.1, -0.05) is 65.8 Å². The molecule has 0 bridgehead atoms. The number of fused-ring (bicyclic) bond motifs is 1. The Morgan fingerprint density at radius 1 is 1.04 bits per heavy atom. The molecule has 25 heavy (non-hydrogen) atoms. The number of aromatic nitrogens is 4. The quantitative estimate of drug-likeness (QED) is 0.552. The fourth-order valence-corrected chi connectivity index (χ4v) is 3.57. The Hall–Kier alpha value is -2.57. The molecule has 0 saturated carbocycles. The molecule has 0 fully saturated rings. The first-order chi connectivity index (χ1) is 12.2. The molecule has 0 spiro atoms. The number of hydrogen-bond acceptors (Lipinski definition) is 4. The summed E-state index contributed by atoms with van der Waals surface area (Å²) in [5.41, 5.74) is 2.64. The second kappa shape index (κ2) is 6.74. The molecule has 7 heteroatoms. The summed E-state index contributed by atoms with van der Waals surface area (Å²) in [4.78, 5) is 14.7. The Kier molecular flexibility index (Phi) is 4.29. The van der Waals surface area contributed by atoms with Crippen LogP contribution in [0.25, 0.3) is 17.0 Å². The van der Waals surface area contributed by atoms with Crippen molar-refractivity contribution >= 4 is 29.1 Å². The van der Waals surface area contributed by atoms with Crippen LogP contribution in [-0.4, -0.2) is 19.6 Å². The van der Waals surface area contributed by atoms with Crippen LogP contribution in [0.2, 0.25) is 5.02 Å². The minimum atomic E-state index is -0.201. The molecular formula is C18H13ClN4OS. The Balaban J connectivity index is 1.75. The minimum absolute atomic E-state index is 0.201. The lowest BCUT2D eigenvalue weighted by Gasteiger charge is -2.07. The molecule has 1 N–H and O–H groups in total. The van der Waals surface area contributed by atoms with Crippen molar-refractivity contribution in [3.63, 3.8) is 0 Å². The maximum Gasteiger partial charge on any atom is 0.252 e. The van der Waals surface area contributed by atoms with E-state index in [0.29, 0.717) is 10.8 Å². The van der Waals surface area contributed by atoms with Crippen LogP contribution in [-0.2, 0) is 5.75 Å². The largest absolute Gasteiger partial charge is 0.291 e. The molecular weight excluding hydrogens is 356 g/mol. The topological polar surface area (TPSA) is 63.1 Å². The molecule has 0 aliphatic rings. The number of H-pyrrole nitrogens is 1. The minimum Gasteiger partial charge on any atom is -0.291 e. The molecule has 124 valence electrons. The number of nitrogens with one attached hydrogen (secondary N) is 1. The Morgan fingerprint density at radius 2 is 1.80 bits per heavy atom. The van der Waals surface area contributed by atoms with Crippen LogP contribution >= 0.6 is 23.4 Å². The number of aromatic amines is 1. The van der Waals surface area contributed by atoms with Gasteiger partial charge < -0.3 is 0 Å². The van der Waals surface area contributed by atoms with Crippen molar-refractivity contribution in [2.24, 2.45) is 0 Å². The average molecular weight is 369 g/mol. The van der Waals surface area contributed by atoms with Gasteiger partial charge in [-0.3, -0.25) is 14.2 Å². The highest BCUT2D eigenvalue weighted by molar-refractivity contribution is 7.98. The summed E-state index contributed by atoms with van der Waals surface area (Å²) in [6.45, 7) is 0. The van der Waals surface area contributed by atoms with Gasteiger partial charge in [0.25, 0.3) is 5.56 Å². The first-order valence-electron chi connectivity index (χ1n) is 7.62. The van der Waals surface area contributed by atoms with E-state index in [-0.39, 0.29) is 5.56 Å². The monoisotopic (exact) mass is 368 g/mol. The van der Waals surface area contributed by atoms with E-state index in [0.717, 1.165) is 27.7 Å². The standard InChI is InChI=1S/C18H13ClN4OS/c19-14-8-6-12(7-9-14)11-25-18-22-21-17-20-16(24)10-15(23(17)18)13-4-2-1-3-5-13/h1-10H,11H2,(H,20,21,24). The highest BCUT2D eigenvalue weighted by Crippen LogP contribution is 2.26. The maximum absolute atomic E-state index is 11.9. The van der Waals surface area contributed by atoms with Gasteiger partial charge in [0.2, 0.25) is 5.78 Å². The van der Waals surface area contributed by atoms with Crippen molar-refractivity contribution in [1.29, 1.82) is 0 Å². The van der Waals surface area contributed by atoms with Crippen LogP contribution in [0, 0.1) is 0 Å². The fourth-order valence-electron chi connectivity index (χ4n) is 2.55. The summed E-state index contributed by atoms with van der Waals surface area (Å²) in [5.74, 6) is 1.16. The number of thioether (sulfide) groups is 1. The van der Waals surface area contributed by atoms with Crippen molar-refractivity contribution in [3.8, 4) is 11.3 Å². The molecule has 0 radical (unpaired) electrons. The SMILES string of the molecule is O=c1cc(-c2ccccc2)n2c(SCc3ccc(Cl)cc3)nnc2[nH]1. The van der Waals surface area contributed by atoms with E-state index >= 15 is 0 Å². The van der Waals surface area contributed by atoms with Gasteiger partial charge in [-0.25, -0.2) is 0 Å². The van der Waals surface area contributed by atoms with Crippen LogP contribution < -0.4 is 5.56 Å². The highest BCUT2D eigenvalue weighted by Gasteiger charge is 2.13. The van der Waals surface area contributed by atoms with Crippen LogP contribution in [0.3, 0.4) is 0 Å². The van der Waals surface area contributed by atoms with Crippen LogP contribution in [0.4, 0.5) is 0 Å². The van der Waals surface area contributed by atoms with E-state index in [9.17, 15) is 4.79 Å². The van der Waals surface area contributed by atoms with Crippen molar-refractivity contribution in [2.45, 2.75) is 10.9 Å².